The summed E-state index contributed by atoms with van der Waals surface area (Å²) in [5.74, 6) is 0.490. The lowest BCUT2D eigenvalue weighted by Crippen LogP contribution is -2.42. The average Bonchev–Trinajstić information content (AvgIpc) is 2.25. The maximum absolute atomic E-state index is 11.6. The minimum absolute atomic E-state index is 0.0152. The third-order valence-corrected chi connectivity index (χ3v) is 2.71. The molecule has 4 nitrogen and oxygen atoms in total. The zero-order valence-corrected chi connectivity index (χ0v) is 9.48. The molecule has 0 aromatic heterocycles. The van der Waals surface area contributed by atoms with Crippen LogP contribution < -0.4 is 9.64 Å². The fourth-order valence-electron chi connectivity index (χ4n) is 1.74. The van der Waals surface area contributed by atoms with E-state index in [2.05, 4.69) is 0 Å². The molecule has 0 spiro atoms. The van der Waals surface area contributed by atoms with Crippen LogP contribution in [0, 0.1) is 0 Å². The van der Waals surface area contributed by atoms with E-state index in [4.69, 9.17) is 4.74 Å². The Morgan fingerprint density at radius 1 is 1.44 bits per heavy atom. The van der Waals surface area contributed by atoms with Crippen molar-refractivity contribution in [1.29, 1.82) is 0 Å². The highest BCUT2D eigenvalue weighted by Crippen LogP contribution is 2.33. The lowest BCUT2D eigenvalue weighted by atomic mass is 10.1. The summed E-state index contributed by atoms with van der Waals surface area (Å²) in [4.78, 5) is 24.4. The standard InChI is InChI=1S/C12H13NO3/c1-7(14)9-4-5-10-11(6-9)16-8(2)12(15)13(10)3/h4-6,8H,1-3H3. The molecule has 1 aliphatic heterocycles. The summed E-state index contributed by atoms with van der Waals surface area (Å²) in [6.45, 7) is 3.20. The largest absolute Gasteiger partial charge is 0.479 e. The highest BCUT2D eigenvalue weighted by Gasteiger charge is 2.28. The number of fused-ring (bicyclic) bond motifs is 1. The second-order valence-electron chi connectivity index (χ2n) is 3.90. The predicted molar refractivity (Wildman–Crippen MR) is 59.9 cm³/mol. The van der Waals surface area contributed by atoms with Crippen molar-refractivity contribution in [1.82, 2.24) is 0 Å². The Balaban J connectivity index is 2.49. The number of nitrogens with zero attached hydrogens (tertiary/aromatic N) is 1. The van der Waals surface area contributed by atoms with Gasteiger partial charge in [-0.15, -0.1) is 0 Å². The first-order chi connectivity index (χ1) is 7.50. The minimum atomic E-state index is -0.500. The molecule has 1 unspecified atom stereocenters. The summed E-state index contributed by atoms with van der Waals surface area (Å²) < 4.78 is 5.46. The second-order valence-corrected chi connectivity index (χ2v) is 3.90. The first-order valence-electron chi connectivity index (χ1n) is 5.10. The van der Waals surface area contributed by atoms with Gasteiger partial charge in [-0.05, 0) is 32.0 Å². The monoisotopic (exact) mass is 219 g/mol. The van der Waals surface area contributed by atoms with Crippen molar-refractivity contribution >= 4 is 17.4 Å². The number of likely N-dealkylation sites (N-methyl/N-ethyl adjacent to an activating group) is 1. The SMILES string of the molecule is CC(=O)c1ccc2c(c1)OC(C)C(=O)N2C. The molecule has 0 saturated heterocycles. The number of hydrogen-bond donors (Lipinski definition) is 0. The van der Waals surface area contributed by atoms with E-state index in [0.717, 1.165) is 0 Å². The molecule has 1 aliphatic rings. The molecular weight excluding hydrogens is 206 g/mol. The first-order valence-corrected chi connectivity index (χ1v) is 5.10. The summed E-state index contributed by atoms with van der Waals surface area (Å²) in [7, 11) is 1.70. The Hall–Kier alpha value is -1.84. The molecule has 2 rings (SSSR count). The summed E-state index contributed by atoms with van der Waals surface area (Å²) in [5.41, 5.74) is 1.29. The molecular formula is C12H13NO3. The van der Waals surface area contributed by atoms with Gasteiger partial charge in [-0.25, -0.2) is 0 Å². The van der Waals surface area contributed by atoms with E-state index in [9.17, 15) is 9.59 Å². The third kappa shape index (κ3) is 1.56. The van der Waals surface area contributed by atoms with Crippen LogP contribution >= 0.6 is 0 Å². The van der Waals surface area contributed by atoms with Gasteiger partial charge in [0.15, 0.2) is 11.9 Å². The summed E-state index contributed by atoms with van der Waals surface area (Å²) in [5, 5.41) is 0. The Kier molecular flexibility index (Phi) is 2.42. The Labute approximate surface area is 93.8 Å². The van der Waals surface area contributed by atoms with Gasteiger partial charge in [-0.2, -0.15) is 0 Å². The van der Waals surface area contributed by atoms with Crippen LogP contribution in [0.4, 0.5) is 5.69 Å². The van der Waals surface area contributed by atoms with Crippen LogP contribution in [0.15, 0.2) is 18.2 Å². The molecule has 1 atom stereocenters. The quantitative estimate of drug-likeness (QED) is 0.674. The zero-order valence-electron chi connectivity index (χ0n) is 9.48. The molecule has 0 radical (unpaired) electrons. The number of rotatable bonds is 1. The van der Waals surface area contributed by atoms with Gasteiger partial charge in [0.2, 0.25) is 0 Å². The van der Waals surface area contributed by atoms with Crippen LogP contribution in [0.1, 0.15) is 24.2 Å². The molecule has 0 aliphatic carbocycles. The number of ketones is 1. The van der Waals surface area contributed by atoms with Crippen molar-refractivity contribution in [3.8, 4) is 5.75 Å². The van der Waals surface area contributed by atoms with Gasteiger partial charge >= 0.3 is 0 Å². The van der Waals surface area contributed by atoms with Gasteiger partial charge in [-0.3, -0.25) is 9.59 Å². The number of amides is 1. The van der Waals surface area contributed by atoms with E-state index in [1.165, 1.54) is 6.92 Å². The maximum Gasteiger partial charge on any atom is 0.267 e. The molecule has 4 heteroatoms. The second kappa shape index (κ2) is 3.63. The van der Waals surface area contributed by atoms with Crippen LogP contribution in [-0.4, -0.2) is 24.8 Å². The zero-order chi connectivity index (χ0) is 11.9. The number of hydrogen-bond acceptors (Lipinski definition) is 3. The van der Waals surface area contributed by atoms with Gasteiger partial charge in [0.25, 0.3) is 5.91 Å². The van der Waals surface area contributed by atoms with Gasteiger partial charge < -0.3 is 9.64 Å². The Morgan fingerprint density at radius 3 is 2.75 bits per heavy atom. The number of anilines is 1. The van der Waals surface area contributed by atoms with Crippen molar-refractivity contribution in [2.75, 3.05) is 11.9 Å². The summed E-state index contributed by atoms with van der Waals surface area (Å²) in [6.07, 6.45) is -0.500. The van der Waals surface area contributed by atoms with Crippen molar-refractivity contribution in [2.24, 2.45) is 0 Å². The lowest BCUT2D eigenvalue weighted by Gasteiger charge is -2.30. The highest BCUT2D eigenvalue weighted by molar-refractivity contribution is 6.01. The normalized spacial score (nSPS) is 19.1. The van der Waals surface area contributed by atoms with E-state index in [1.54, 1.807) is 37.1 Å². The molecule has 1 aromatic rings. The Morgan fingerprint density at radius 2 is 2.12 bits per heavy atom. The fraction of sp³-hybridized carbons (Fsp3) is 0.333. The maximum atomic E-state index is 11.6. The highest BCUT2D eigenvalue weighted by atomic mass is 16.5. The van der Waals surface area contributed by atoms with Crippen molar-refractivity contribution in [3.63, 3.8) is 0 Å². The van der Waals surface area contributed by atoms with E-state index in [1.807, 2.05) is 0 Å². The van der Waals surface area contributed by atoms with Crippen molar-refractivity contribution in [2.45, 2.75) is 20.0 Å². The van der Waals surface area contributed by atoms with Gasteiger partial charge in [0.05, 0.1) is 5.69 Å². The van der Waals surface area contributed by atoms with Gasteiger partial charge in [-0.1, -0.05) is 0 Å². The van der Waals surface area contributed by atoms with E-state index in [-0.39, 0.29) is 11.7 Å². The molecule has 1 aromatic carbocycles. The Bertz CT molecular complexity index is 467. The number of ether oxygens (including phenoxy) is 1. The average molecular weight is 219 g/mol. The first kappa shape index (κ1) is 10.7. The number of Topliss-reactive ketones (excluding diaryl/α,β-unsaturated/α-hetero) is 1. The van der Waals surface area contributed by atoms with Crippen molar-refractivity contribution in [3.05, 3.63) is 23.8 Å². The molecule has 0 bridgehead atoms. The van der Waals surface area contributed by atoms with E-state index in [0.29, 0.717) is 17.0 Å². The van der Waals surface area contributed by atoms with E-state index < -0.39 is 6.10 Å². The van der Waals surface area contributed by atoms with Gasteiger partial charge in [0.1, 0.15) is 5.75 Å². The smallest absolute Gasteiger partial charge is 0.267 e. The van der Waals surface area contributed by atoms with Crippen LogP contribution in [0.3, 0.4) is 0 Å². The summed E-state index contributed by atoms with van der Waals surface area (Å²) >= 11 is 0. The number of benzene rings is 1. The number of carbonyl (C=O) groups is 2. The van der Waals surface area contributed by atoms with Crippen molar-refractivity contribution < 1.29 is 14.3 Å². The molecule has 0 saturated carbocycles. The number of carbonyl (C=O) groups excluding carboxylic acids is 2. The molecule has 16 heavy (non-hydrogen) atoms. The molecule has 84 valence electrons. The lowest BCUT2D eigenvalue weighted by molar-refractivity contribution is -0.125. The molecule has 1 heterocycles. The molecule has 1 amide bonds. The molecule has 0 N–H and O–H groups in total. The fourth-order valence-corrected chi connectivity index (χ4v) is 1.74. The summed E-state index contributed by atoms with van der Waals surface area (Å²) in [6, 6.07) is 5.11. The van der Waals surface area contributed by atoms with E-state index >= 15 is 0 Å². The topological polar surface area (TPSA) is 46.6 Å². The molecule has 0 fully saturated rings. The van der Waals surface area contributed by atoms with Crippen LogP contribution in [0.2, 0.25) is 0 Å². The van der Waals surface area contributed by atoms with Crippen LogP contribution in [0.25, 0.3) is 0 Å². The minimum Gasteiger partial charge on any atom is -0.479 e. The van der Waals surface area contributed by atoms with Gasteiger partial charge in [0, 0.05) is 12.6 Å². The van der Waals surface area contributed by atoms with Crippen LogP contribution in [0.5, 0.6) is 5.75 Å². The van der Waals surface area contributed by atoms with Crippen LogP contribution in [-0.2, 0) is 4.79 Å². The predicted octanol–water partition coefficient (Wildman–Crippen LogP) is 1.63. The third-order valence-electron chi connectivity index (χ3n) is 2.71.